The highest BCUT2D eigenvalue weighted by Crippen LogP contribution is 2.26. The summed E-state index contributed by atoms with van der Waals surface area (Å²) in [5.41, 5.74) is 2.71. The molecule has 1 aliphatic heterocycles. The minimum atomic E-state index is -0.374. The van der Waals surface area contributed by atoms with E-state index in [0.717, 1.165) is 24.3 Å². The first-order chi connectivity index (χ1) is 20.9. The smallest absolute Gasteiger partial charge is 0.254 e. The Morgan fingerprint density at radius 2 is 1.70 bits per heavy atom. The summed E-state index contributed by atoms with van der Waals surface area (Å²) in [7, 11) is 3.16. The first kappa shape index (κ1) is 30.1. The van der Waals surface area contributed by atoms with Gasteiger partial charge in [-0.1, -0.05) is 29.8 Å². The molecule has 0 bridgehead atoms. The predicted octanol–water partition coefficient (Wildman–Crippen LogP) is 4.62. The van der Waals surface area contributed by atoms with Crippen LogP contribution in [-0.2, 0) is 9.53 Å². The van der Waals surface area contributed by atoms with E-state index < -0.39 is 0 Å². The topological polar surface area (TPSA) is 98.2 Å². The molecule has 3 aromatic carbocycles. The van der Waals surface area contributed by atoms with Gasteiger partial charge < -0.3 is 19.1 Å². The average molecular weight is 604 g/mol. The number of benzene rings is 3. The van der Waals surface area contributed by atoms with Crippen LogP contribution in [0, 0.1) is 0 Å². The van der Waals surface area contributed by atoms with Crippen LogP contribution < -0.4 is 14.8 Å². The number of anilines is 1. The number of hydrogen-bond acceptors (Lipinski definition) is 7. The van der Waals surface area contributed by atoms with E-state index in [1.54, 1.807) is 60.1 Å². The van der Waals surface area contributed by atoms with Gasteiger partial charge in [-0.3, -0.25) is 24.4 Å². The van der Waals surface area contributed by atoms with E-state index in [9.17, 15) is 9.59 Å². The molecular weight excluding hydrogens is 570 g/mol. The summed E-state index contributed by atoms with van der Waals surface area (Å²) < 4.78 is 17.9. The summed E-state index contributed by atoms with van der Waals surface area (Å²) in [6.45, 7) is 3.68. The molecule has 0 spiro atoms. The van der Waals surface area contributed by atoms with Crippen molar-refractivity contribution in [3.8, 4) is 28.4 Å². The normalized spacial score (nSPS) is 13.4. The Hall–Kier alpha value is -4.38. The number of ether oxygens (including phenoxy) is 3. The first-order valence-electron chi connectivity index (χ1n) is 14.0. The third kappa shape index (κ3) is 7.72. The van der Waals surface area contributed by atoms with Gasteiger partial charge in [-0.05, 0) is 54.6 Å². The molecule has 43 heavy (non-hydrogen) atoms. The van der Waals surface area contributed by atoms with Crippen LogP contribution in [-0.4, -0.2) is 91.3 Å². The number of nitrogens with one attached hydrogen (secondary N) is 1. The van der Waals surface area contributed by atoms with Gasteiger partial charge in [0.25, 0.3) is 5.91 Å². The maximum absolute atomic E-state index is 13.6. The van der Waals surface area contributed by atoms with Crippen molar-refractivity contribution in [2.24, 2.45) is 0 Å². The molecule has 1 N–H and O–H groups in total. The Kier molecular flexibility index (Phi) is 9.93. The van der Waals surface area contributed by atoms with E-state index >= 15 is 0 Å². The Morgan fingerprint density at radius 3 is 2.40 bits per heavy atom. The number of halogens is 1. The van der Waals surface area contributed by atoms with Crippen LogP contribution in [0.2, 0.25) is 5.02 Å². The van der Waals surface area contributed by atoms with Gasteiger partial charge in [0.1, 0.15) is 18.0 Å². The van der Waals surface area contributed by atoms with E-state index in [0.29, 0.717) is 60.0 Å². The SMILES string of the molecule is COc1ccc(-n2cc(-c3ccc(Cl)cc3)nc2NC(=O)CN(CCN2CCOCC2)C(=O)c2cccc(OC)c2)cc1. The maximum atomic E-state index is 13.6. The highest BCUT2D eigenvalue weighted by Gasteiger charge is 2.23. The van der Waals surface area contributed by atoms with Gasteiger partial charge in [-0.15, -0.1) is 0 Å². The molecule has 10 nitrogen and oxygen atoms in total. The molecule has 1 aliphatic rings. The predicted molar refractivity (Wildman–Crippen MR) is 165 cm³/mol. The summed E-state index contributed by atoms with van der Waals surface area (Å²) >= 11 is 6.10. The average Bonchev–Trinajstić information content (AvgIpc) is 3.46. The molecule has 11 heteroatoms. The maximum Gasteiger partial charge on any atom is 0.254 e. The summed E-state index contributed by atoms with van der Waals surface area (Å²) in [6, 6.07) is 21.7. The van der Waals surface area contributed by atoms with Crippen molar-refractivity contribution in [2.45, 2.75) is 0 Å². The molecule has 5 rings (SSSR count). The van der Waals surface area contributed by atoms with Crippen LogP contribution in [0.4, 0.5) is 5.95 Å². The number of imidazole rings is 1. The molecule has 1 fully saturated rings. The summed E-state index contributed by atoms with van der Waals surface area (Å²) in [5.74, 6) is 0.963. The quantitative estimate of drug-likeness (QED) is 0.267. The van der Waals surface area contributed by atoms with Gasteiger partial charge in [0.15, 0.2) is 0 Å². The van der Waals surface area contributed by atoms with Gasteiger partial charge in [-0.25, -0.2) is 4.98 Å². The second-order valence-electron chi connectivity index (χ2n) is 9.99. The van der Waals surface area contributed by atoms with Crippen molar-refractivity contribution in [3.05, 3.63) is 89.6 Å². The van der Waals surface area contributed by atoms with Gasteiger partial charge in [0.2, 0.25) is 11.9 Å². The fraction of sp³-hybridized carbons (Fsp3) is 0.281. The van der Waals surface area contributed by atoms with Gasteiger partial charge >= 0.3 is 0 Å². The van der Waals surface area contributed by atoms with Gasteiger partial charge in [-0.2, -0.15) is 0 Å². The molecule has 0 saturated carbocycles. The summed E-state index contributed by atoms with van der Waals surface area (Å²) in [4.78, 5) is 35.7. The number of aromatic nitrogens is 2. The van der Waals surface area contributed by atoms with Crippen molar-refractivity contribution in [1.29, 1.82) is 0 Å². The lowest BCUT2D eigenvalue weighted by molar-refractivity contribution is -0.117. The van der Waals surface area contributed by atoms with E-state index in [1.165, 1.54) is 0 Å². The zero-order valence-corrected chi connectivity index (χ0v) is 24.9. The molecule has 0 aliphatic carbocycles. The van der Waals surface area contributed by atoms with Crippen molar-refractivity contribution in [1.82, 2.24) is 19.4 Å². The molecule has 4 aromatic rings. The summed E-state index contributed by atoms with van der Waals surface area (Å²) in [5, 5.41) is 3.56. The van der Waals surface area contributed by atoms with Gasteiger partial charge in [0.05, 0.1) is 33.1 Å². The number of amides is 2. The Morgan fingerprint density at radius 1 is 0.977 bits per heavy atom. The number of carbonyl (C=O) groups excluding carboxylic acids is 2. The largest absolute Gasteiger partial charge is 0.497 e. The minimum Gasteiger partial charge on any atom is -0.497 e. The molecule has 0 atom stereocenters. The number of rotatable bonds is 11. The van der Waals surface area contributed by atoms with Crippen LogP contribution in [0.5, 0.6) is 11.5 Å². The second-order valence-corrected chi connectivity index (χ2v) is 10.4. The fourth-order valence-corrected chi connectivity index (χ4v) is 4.91. The monoisotopic (exact) mass is 603 g/mol. The van der Waals surface area contributed by atoms with Crippen molar-refractivity contribution < 1.29 is 23.8 Å². The number of hydrogen-bond donors (Lipinski definition) is 1. The molecule has 2 amide bonds. The highest BCUT2D eigenvalue weighted by molar-refractivity contribution is 6.30. The molecule has 1 saturated heterocycles. The van der Waals surface area contributed by atoms with Crippen LogP contribution in [0.25, 0.3) is 16.9 Å². The zero-order chi connectivity index (χ0) is 30.2. The Bertz CT molecular complexity index is 1530. The standard InChI is InChI=1S/C32H34ClN5O5/c1-41-27-12-10-26(11-13-27)38-21-29(23-6-8-25(33)9-7-23)34-32(38)35-30(39)22-37(15-14-36-16-18-43-19-17-36)31(40)24-4-3-5-28(20-24)42-2/h3-13,20-21H,14-19,22H2,1-2H3,(H,34,35,39). The van der Waals surface area contributed by atoms with E-state index in [2.05, 4.69) is 10.2 Å². The lowest BCUT2D eigenvalue weighted by Gasteiger charge is -2.30. The lowest BCUT2D eigenvalue weighted by atomic mass is 10.2. The van der Waals surface area contributed by atoms with Crippen LogP contribution in [0.15, 0.2) is 79.0 Å². The van der Waals surface area contributed by atoms with E-state index in [-0.39, 0.29) is 18.4 Å². The summed E-state index contributed by atoms with van der Waals surface area (Å²) in [6.07, 6.45) is 1.85. The van der Waals surface area contributed by atoms with Crippen LogP contribution in [0.1, 0.15) is 10.4 Å². The molecule has 0 radical (unpaired) electrons. The highest BCUT2D eigenvalue weighted by atomic mass is 35.5. The lowest BCUT2D eigenvalue weighted by Crippen LogP contribution is -2.45. The van der Waals surface area contributed by atoms with E-state index in [1.807, 2.05) is 42.6 Å². The van der Waals surface area contributed by atoms with Crippen molar-refractivity contribution in [2.75, 3.05) is 65.5 Å². The van der Waals surface area contributed by atoms with Gasteiger partial charge in [0, 0.05) is 54.2 Å². The third-order valence-electron chi connectivity index (χ3n) is 7.18. The van der Waals surface area contributed by atoms with Crippen molar-refractivity contribution in [3.63, 3.8) is 0 Å². The Labute approximate surface area is 255 Å². The molecule has 1 aromatic heterocycles. The number of morpholine rings is 1. The molecule has 224 valence electrons. The van der Waals surface area contributed by atoms with Crippen molar-refractivity contribution >= 4 is 29.4 Å². The molecular formula is C32H34ClN5O5. The Balaban J connectivity index is 1.40. The second kappa shape index (κ2) is 14.2. The number of nitrogens with zero attached hydrogens (tertiary/aromatic N) is 4. The minimum absolute atomic E-state index is 0.161. The van der Waals surface area contributed by atoms with Crippen LogP contribution >= 0.6 is 11.6 Å². The molecule has 2 heterocycles. The fourth-order valence-electron chi connectivity index (χ4n) is 4.78. The number of carbonyl (C=O) groups is 2. The van der Waals surface area contributed by atoms with E-state index in [4.69, 9.17) is 30.8 Å². The van der Waals surface area contributed by atoms with Crippen LogP contribution in [0.3, 0.4) is 0 Å². The number of methoxy groups -OCH3 is 2. The third-order valence-corrected chi connectivity index (χ3v) is 7.43. The molecule has 0 unspecified atom stereocenters. The first-order valence-corrected chi connectivity index (χ1v) is 14.3. The zero-order valence-electron chi connectivity index (χ0n) is 24.2.